The zero-order chi connectivity index (χ0) is 12.1. The molecule has 1 rings (SSSR count). The third-order valence-electron chi connectivity index (χ3n) is 1.29. The number of hydrogen-bond acceptors (Lipinski definition) is 7. The van der Waals surface area contributed by atoms with E-state index in [1.54, 1.807) is 0 Å². The molecule has 0 spiro atoms. The van der Waals surface area contributed by atoms with Crippen molar-refractivity contribution >= 4 is 57.4 Å². The highest BCUT2D eigenvalue weighted by atomic mass is 35.5. The molecule has 0 aliphatic rings. The van der Waals surface area contributed by atoms with Crippen molar-refractivity contribution in [1.29, 1.82) is 0 Å². The molecule has 10 heteroatoms. The van der Waals surface area contributed by atoms with Crippen molar-refractivity contribution in [3.63, 3.8) is 0 Å². The predicted molar refractivity (Wildman–Crippen MR) is 64.8 cm³/mol. The molecule has 0 radical (unpaired) electrons. The lowest BCUT2D eigenvalue weighted by Crippen LogP contribution is -2.13. The third kappa shape index (κ3) is 4.98. The summed E-state index contributed by atoms with van der Waals surface area (Å²) in [7, 11) is 0. The first-order chi connectivity index (χ1) is 7.50. The second-order valence-electron chi connectivity index (χ2n) is 2.45. The number of nitrogens with zero attached hydrogens (tertiary/aromatic N) is 2. The summed E-state index contributed by atoms with van der Waals surface area (Å²) in [6, 6.07) is 0. The lowest BCUT2D eigenvalue weighted by Gasteiger charge is -1.97. The van der Waals surface area contributed by atoms with E-state index in [-0.39, 0.29) is 28.9 Å². The molecule has 0 bridgehead atoms. The Labute approximate surface area is 111 Å². The number of rotatable bonds is 5. The maximum Gasteiger partial charge on any atom is 0.344 e. The summed E-state index contributed by atoms with van der Waals surface area (Å²) in [6.45, 7) is -0.673. The third-order valence-corrected chi connectivity index (χ3v) is 2.15. The van der Waals surface area contributed by atoms with Crippen molar-refractivity contribution in [3.05, 3.63) is 11.1 Å². The number of oxime groups is 1. The fourth-order valence-electron chi connectivity index (χ4n) is 0.732. The van der Waals surface area contributed by atoms with Crippen LogP contribution in [0.4, 0.5) is 5.13 Å². The average molecular weight is 300 g/mol. The Balaban J connectivity index is 0.00000256. The molecule has 1 aromatic rings. The number of carboxylic acid groups (broad SMARTS) is 1. The van der Waals surface area contributed by atoms with E-state index in [9.17, 15) is 9.59 Å². The van der Waals surface area contributed by atoms with Gasteiger partial charge in [0.25, 0.3) is 5.24 Å². The number of hydrogen-bond donors (Lipinski definition) is 2. The van der Waals surface area contributed by atoms with E-state index in [2.05, 4.69) is 15.0 Å². The van der Waals surface area contributed by atoms with Crippen molar-refractivity contribution < 1.29 is 19.5 Å². The molecule has 0 aliphatic heterocycles. The fraction of sp³-hybridized carbons (Fsp3) is 0.143. The Morgan fingerprint density at radius 1 is 1.65 bits per heavy atom. The highest BCUT2D eigenvalue weighted by molar-refractivity contribution is 7.13. The summed E-state index contributed by atoms with van der Waals surface area (Å²) in [5, 5.41) is 12.4. The van der Waals surface area contributed by atoms with E-state index in [0.717, 1.165) is 11.3 Å². The Morgan fingerprint density at radius 3 is 2.71 bits per heavy atom. The van der Waals surface area contributed by atoms with Gasteiger partial charge in [-0.05, 0) is 11.6 Å². The van der Waals surface area contributed by atoms with Crippen LogP contribution in [0.2, 0.25) is 0 Å². The van der Waals surface area contributed by atoms with Crippen LogP contribution in [0.1, 0.15) is 5.69 Å². The van der Waals surface area contributed by atoms with Gasteiger partial charge in [0.05, 0.1) is 0 Å². The van der Waals surface area contributed by atoms with Gasteiger partial charge >= 0.3 is 5.97 Å². The molecule has 1 heterocycles. The van der Waals surface area contributed by atoms with Crippen LogP contribution < -0.4 is 5.73 Å². The summed E-state index contributed by atoms with van der Waals surface area (Å²) >= 11 is 6.32. The topological polar surface area (TPSA) is 115 Å². The lowest BCUT2D eigenvalue weighted by molar-refractivity contribution is -0.142. The summed E-state index contributed by atoms with van der Waals surface area (Å²) < 4.78 is 0. The quantitative estimate of drug-likeness (QED) is 0.470. The second-order valence-corrected chi connectivity index (χ2v) is 3.68. The van der Waals surface area contributed by atoms with Crippen molar-refractivity contribution in [2.24, 2.45) is 5.16 Å². The molecule has 0 saturated carbocycles. The van der Waals surface area contributed by atoms with Crippen LogP contribution in [0.25, 0.3) is 0 Å². The van der Waals surface area contributed by atoms with Gasteiger partial charge in [0, 0.05) is 5.38 Å². The summed E-state index contributed by atoms with van der Waals surface area (Å²) in [5.74, 6) is -1.22. The number of carbonyl (C=O) groups is 2. The zero-order valence-corrected chi connectivity index (χ0v) is 10.5. The van der Waals surface area contributed by atoms with Crippen LogP contribution >= 0.6 is 35.3 Å². The minimum absolute atomic E-state index is 0. The molecular formula is C7H7Cl2N3O4S. The van der Waals surface area contributed by atoms with Gasteiger partial charge in [-0.2, -0.15) is 0 Å². The number of anilines is 1. The Bertz CT molecular complexity index is 448. The minimum Gasteiger partial charge on any atom is -0.479 e. The zero-order valence-electron chi connectivity index (χ0n) is 8.12. The molecule has 0 aromatic carbocycles. The number of nitrogen functional groups attached to an aromatic ring is 1. The number of aromatic nitrogens is 1. The molecule has 3 N–H and O–H groups in total. The molecule has 0 fully saturated rings. The van der Waals surface area contributed by atoms with Gasteiger partial charge in [-0.1, -0.05) is 5.16 Å². The molecule has 17 heavy (non-hydrogen) atoms. The van der Waals surface area contributed by atoms with Gasteiger partial charge in [0.2, 0.25) is 6.61 Å². The second kappa shape index (κ2) is 7.05. The lowest BCUT2D eigenvalue weighted by atomic mass is 10.3. The SMILES string of the molecule is Cl.Nc1nc(/C(=N/OCC(=O)O)C(=O)Cl)cs1. The van der Waals surface area contributed by atoms with E-state index >= 15 is 0 Å². The van der Waals surface area contributed by atoms with E-state index in [1.807, 2.05) is 0 Å². The molecule has 0 unspecified atom stereocenters. The molecule has 0 atom stereocenters. The first kappa shape index (κ1) is 15.6. The van der Waals surface area contributed by atoms with Crippen LogP contribution in [-0.4, -0.2) is 33.6 Å². The smallest absolute Gasteiger partial charge is 0.344 e. The standard InChI is InChI=1S/C7H6ClN3O4S.ClH/c8-6(14)5(11-15-1-4(12)13)3-2-16-7(9)10-3;/h2H,1H2,(H2,9,10)(H,12,13);1H/b11-5-;. The maximum atomic E-state index is 11.0. The first-order valence-corrected chi connectivity index (χ1v) is 5.09. The van der Waals surface area contributed by atoms with Crippen molar-refractivity contribution in [2.75, 3.05) is 12.3 Å². The molecule has 1 aromatic heterocycles. The maximum absolute atomic E-state index is 11.0. The van der Waals surface area contributed by atoms with Gasteiger partial charge in [-0.25, -0.2) is 9.78 Å². The van der Waals surface area contributed by atoms with Crippen LogP contribution in [-0.2, 0) is 14.4 Å². The van der Waals surface area contributed by atoms with E-state index in [4.69, 9.17) is 22.4 Å². The van der Waals surface area contributed by atoms with Gasteiger partial charge in [-0.15, -0.1) is 23.7 Å². The Morgan fingerprint density at radius 2 is 2.29 bits per heavy atom. The van der Waals surface area contributed by atoms with E-state index in [1.165, 1.54) is 5.38 Å². The van der Waals surface area contributed by atoms with Gasteiger partial charge in [0.1, 0.15) is 5.69 Å². The monoisotopic (exact) mass is 299 g/mol. The van der Waals surface area contributed by atoms with Crippen molar-refractivity contribution in [1.82, 2.24) is 4.98 Å². The highest BCUT2D eigenvalue weighted by Gasteiger charge is 2.16. The van der Waals surface area contributed by atoms with Gasteiger partial charge in [-0.3, -0.25) is 4.79 Å². The van der Waals surface area contributed by atoms with Crippen LogP contribution in [0.15, 0.2) is 10.5 Å². The van der Waals surface area contributed by atoms with Crippen molar-refractivity contribution in [3.8, 4) is 0 Å². The molecule has 0 aliphatic carbocycles. The largest absolute Gasteiger partial charge is 0.479 e. The first-order valence-electron chi connectivity index (χ1n) is 3.83. The van der Waals surface area contributed by atoms with Crippen LogP contribution in [0.5, 0.6) is 0 Å². The summed E-state index contributed by atoms with van der Waals surface area (Å²) in [4.78, 5) is 29.3. The van der Waals surface area contributed by atoms with Crippen LogP contribution in [0.3, 0.4) is 0 Å². The normalized spacial score (nSPS) is 10.5. The van der Waals surface area contributed by atoms with Crippen LogP contribution in [0, 0.1) is 0 Å². The Kier molecular flexibility index (Phi) is 6.47. The number of aliphatic carboxylic acids is 1. The van der Waals surface area contributed by atoms with Gasteiger partial charge < -0.3 is 15.7 Å². The number of thiazole rings is 1. The summed E-state index contributed by atoms with van der Waals surface area (Å²) in [6.07, 6.45) is 0. The molecule has 94 valence electrons. The molecule has 7 nitrogen and oxygen atoms in total. The Hall–Kier alpha value is -1.38. The van der Waals surface area contributed by atoms with E-state index in [0.29, 0.717) is 0 Å². The molecule has 0 amide bonds. The minimum atomic E-state index is -1.22. The fourth-order valence-corrected chi connectivity index (χ4v) is 1.41. The number of carbonyl (C=O) groups excluding carboxylic acids is 1. The predicted octanol–water partition coefficient (Wildman–Crippen LogP) is 0.718. The molecule has 0 saturated heterocycles. The van der Waals surface area contributed by atoms with E-state index < -0.39 is 17.8 Å². The highest BCUT2D eigenvalue weighted by Crippen LogP contribution is 2.13. The average Bonchev–Trinajstić information content (AvgIpc) is 2.58. The number of nitrogens with two attached hydrogens (primary N) is 1. The van der Waals surface area contributed by atoms with Crippen molar-refractivity contribution in [2.45, 2.75) is 0 Å². The van der Waals surface area contributed by atoms with Gasteiger partial charge in [0.15, 0.2) is 10.8 Å². The molecular weight excluding hydrogens is 293 g/mol. The summed E-state index contributed by atoms with van der Waals surface area (Å²) in [5.41, 5.74) is 5.22. The number of carboxylic acids is 1. The number of halogens is 2.